The molecule has 1 aliphatic heterocycles. The smallest absolute Gasteiger partial charge is 0.320 e. The van der Waals surface area contributed by atoms with E-state index in [4.69, 9.17) is 4.74 Å². The first-order valence-corrected chi connectivity index (χ1v) is 6.10. The van der Waals surface area contributed by atoms with Gasteiger partial charge in [-0.25, -0.2) is 0 Å². The maximum atomic E-state index is 11.4. The van der Waals surface area contributed by atoms with E-state index < -0.39 is 0 Å². The molecule has 0 aromatic carbocycles. The normalized spacial score (nSPS) is 21.8. The Hall–Kier alpha value is -0.610. The molecule has 1 atom stereocenters. The van der Waals surface area contributed by atoms with E-state index in [0.29, 0.717) is 12.5 Å². The molecule has 1 fully saturated rings. The number of hydrogen-bond acceptors (Lipinski definition) is 4. The Morgan fingerprint density at radius 2 is 2.25 bits per heavy atom. The van der Waals surface area contributed by atoms with E-state index in [1.54, 1.807) is 0 Å². The van der Waals surface area contributed by atoms with Gasteiger partial charge in [-0.05, 0) is 59.2 Å². The van der Waals surface area contributed by atoms with Crippen LogP contribution in [0.4, 0.5) is 0 Å². The van der Waals surface area contributed by atoms with Crippen molar-refractivity contribution in [3.63, 3.8) is 0 Å². The van der Waals surface area contributed by atoms with Crippen LogP contribution < -0.4 is 10.6 Å². The molecule has 2 N–H and O–H groups in total. The fourth-order valence-electron chi connectivity index (χ4n) is 1.85. The highest BCUT2D eigenvalue weighted by Crippen LogP contribution is 2.08. The van der Waals surface area contributed by atoms with Gasteiger partial charge in [0.25, 0.3) is 0 Å². The Morgan fingerprint density at radius 1 is 1.50 bits per heavy atom. The molecule has 0 aromatic rings. The number of esters is 1. The minimum Gasteiger partial charge on any atom is -0.459 e. The molecule has 4 heteroatoms. The van der Waals surface area contributed by atoms with Gasteiger partial charge in [0, 0.05) is 0 Å². The third kappa shape index (κ3) is 6.08. The lowest BCUT2D eigenvalue weighted by molar-refractivity contribution is -0.153. The number of carbonyl (C=O) groups is 1. The Balaban J connectivity index is 2.08. The number of nitrogens with one attached hydrogen (secondary N) is 2. The molecule has 0 amide bonds. The summed E-state index contributed by atoms with van der Waals surface area (Å²) in [4.78, 5) is 11.4. The van der Waals surface area contributed by atoms with Gasteiger partial charge in [0.15, 0.2) is 0 Å². The number of hydrogen-bond donors (Lipinski definition) is 2. The predicted octanol–water partition coefficient (Wildman–Crippen LogP) is 0.917. The zero-order valence-electron chi connectivity index (χ0n) is 10.6. The van der Waals surface area contributed by atoms with Gasteiger partial charge >= 0.3 is 5.97 Å². The first kappa shape index (κ1) is 13.5. The van der Waals surface area contributed by atoms with E-state index in [2.05, 4.69) is 10.6 Å². The zero-order valence-corrected chi connectivity index (χ0v) is 10.6. The number of rotatable bonds is 4. The summed E-state index contributed by atoms with van der Waals surface area (Å²) in [6.07, 6.45) is 2.48. The van der Waals surface area contributed by atoms with Crippen LogP contribution in [-0.4, -0.2) is 37.7 Å². The summed E-state index contributed by atoms with van der Waals surface area (Å²) >= 11 is 0. The van der Waals surface area contributed by atoms with Gasteiger partial charge in [-0.2, -0.15) is 0 Å². The van der Waals surface area contributed by atoms with Crippen molar-refractivity contribution in [1.82, 2.24) is 10.6 Å². The van der Waals surface area contributed by atoms with Gasteiger partial charge < -0.3 is 15.4 Å². The molecule has 94 valence electrons. The number of piperidine rings is 1. The van der Waals surface area contributed by atoms with Crippen LogP contribution in [-0.2, 0) is 9.53 Å². The first-order chi connectivity index (χ1) is 7.47. The second-order valence-corrected chi connectivity index (χ2v) is 5.43. The topological polar surface area (TPSA) is 50.4 Å². The first-order valence-electron chi connectivity index (χ1n) is 6.10. The summed E-state index contributed by atoms with van der Waals surface area (Å²) in [5.74, 6) is 0.479. The largest absolute Gasteiger partial charge is 0.459 e. The minimum absolute atomic E-state index is 0.170. The standard InChI is InChI=1S/C12H24N2O2/c1-12(2,3)16-11(15)9-14-8-10-5-4-6-13-7-10/h10,13-14H,4-9H2,1-3H3. The van der Waals surface area contributed by atoms with Crippen molar-refractivity contribution < 1.29 is 9.53 Å². The molecule has 0 bridgehead atoms. The van der Waals surface area contributed by atoms with Crippen LogP contribution >= 0.6 is 0 Å². The van der Waals surface area contributed by atoms with Crippen molar-refractivity contribution in [2.45, 2.75) is 39.2 Å². The Bertz CT molecular complexity index is 218. The van der Waals surface area contributed by atoms with Gasteiger partial charge in [0.05, 0.1) is 6.54 Å². The fraction of sp³-hybridized carbons (Fsp3) is 0.917. The molecule has 0 spiro atoms. The average Bonchev–Trinajstić information content (AvgIpc) is 2.16. The minimum atomic E-state index is -0.384. The molecule has 4 nitrogen and oxygen atoms in total. The summed E-state index contributed by atoms with van der Waals surface area (Å²) in [5, 5.41) is 6.52. The van der Waals surface area contributed by atoms with Crippen LogP contribution in [0, 0.1) is 5.92 Å². The quantitative estimate of drug-likeness (QED) is 0.703. The highest BCUT2D eigenvalue weighted by atomic mass is 16.6. The Labute approximate surface area is 98.1 Å². The van der Waals surface area contributed by atoms with Gasteiger partial charge in [-0.3, -0.25) is 4.79 Å². The second-order valence-electron chi connectivity index (χ2n) is 5.43. The molecule has 1 aliphatic rings. The molecule has 0 aromatic heterocycles. The molecule has 1 rings (SSSR count). The summed E-state index contributed by atoms with van der Waals surface area (Å²) in [5.41, 5.74) is -0.384. The van der Waals surface area contributed by atoms with Crippen LogP contribution in [0.5, 0.6) is 0 Å². The zero-order chi connectivity index (χ0) is 12.0. The van der Waals surface area contributed by atoms with E-state index in [9.17, 15) is 4.79 Å². The Morgan fingerprint density at radius 3 is 2.81 bits per heavy atom. The number of ether oxygens (including phenoxy) is 1. The molecule has 1 heterocycles. The summed E-state index contributed by atoms with van der Waals surface area (Å²) in [7, 11) is 0. The van der Waals surface area contributed by atoms with E-state index in [1.807, 2.05) is 20.8 Å². The molecule has 0 saturated carbocycles. The summed E-state index contributed by atoms with van der Waals surface area (Å²) < 4.78 is 5.21. The van der Waals surface area contributed by atoms with Crippen LogP contribution in [0.1, 0.15) is 33.6 Å². The lowest BCUT2D eigenvalue weighted by Crippen LogP contribution is -2.38. The van der Waals surface area contributed by atoms with Crippen molar-refractivity contribution in [1.29, 1.82) is 0 Å². The summed E-state index contributed by atoms with van der Waals surface area (Å²) in [6.45, 7) is 9.05. The third-order valence-electron chi connectivity index (χ3n) is 2.52. The molecule has 0 aliphatic carbocycles. The average molecular weight is 228 g/mol. The lowest BCUT2D eigenvalue weighted by atomic mass is 10.00. The van der Waals surface area contributed by atoms with Crippen molar-refractivity contribution >= 4 is 5.97 Å². The molecule has 16 heavy (non-hydrogen) atoms. The highest BCUT2D eigenvalue weighted by molar-refractivity contribution is 5.72. The molecule has 1 unspecified atom stereocenters. The van der Waals surface area contributed by atoms with Crippen molar-refractivity contribution in [2.24, 2.45) is 5.92 Å². The van der Waals surface area contributed by atoms with Crippen molar-refractivity contribution in [2.75, 3.05) is 26.2 Å². The van der Waals surface area contributed by atoms with E-state index >= 15 is 0 Å². The van der Waals surface area contributed by atoms with Gasteiger partial charge in [0.2, 0.25) is 0 Å². The van der Waals surface area contributed by atoms with Gasteiger partial charge in [-0.15, -0.1) is 0 Å². The monoisotopic (exact) mass is 228 g/mol. The second kappa shape index (κ2) is 6.21. The van der Waals surface area contributed by atoms with Gasteiger partial charge in [-0.1, -0.05) is 0 Å². The maximum absolute atomic E-state index is 11.4. The molecule has 1 saturated heterocycles. The fourth-order valence-corrected chi connectivity index (χ4v) is 1.85. The van der Waals surface area contributed by atoms with Crippen molar-refractivity contribution in [3.05, 3.63) is 0 Å². The SMILES string of the molecule is CC(C)(C)OC(=O)CNCC1CCCNC1. The van der Waals surface area contributed by atoms with Crippen LogP contribution in [0.3, 0.4) is 0 Å². The number of carbonyl (C=O) groups excluding carboxylic acids is 1. The van der Waals surface area contributed by atoms with Crippen LogP contribution in [0.15, 0.2) is 0 Å². The lowest BCUT2D eigenvalue weighted by Gasteiger charge is -2.23. The summed E-state index contributed by atoms with van der Waals surface area (Å²) in [6, 6.07) is 0. The predicted molar refractivity (Wildman–Crippen MR) is 64.3 cm³/mol. The van der Waals surface area contributed by atoms with Gasteiger partial charge in [0.1, 0.15) is 5.60 Å². The van der Waals surface area contributed by atoms with Crippen molar-refractivity contribution in [3.8, 4) is 0 Å². The van der Waals surface area contributed by atoms with E-state index in [0.717, 1.165) is 19.6 Å². The van der Waals surface area contributed by atoms with Crippen LogP contribution in [0.2, 0.25) is 0 Å². The van der Waals surface area contributed by atoms with Crippen LogP contribution in [0.25, 0.3) is 0 Å². The molecular formula is C12H24N2O2. The molecular weight excluding hydrogens is 204 g/mol. The Kier molecular flexibility index (Phi) is 5.22. The highest BCUT2D eigenvalue weighted by Gasteiger charge is 2.17. The third-order valence-corrected chi connectivity index (χ3v) is 2.52. The van der Waals surface area contributed by atoms with E-state index in [1.165, 1.54) is 12.8 Å². The molecule has 0 radical (unpaired) electrons. The van der Waals surface area contributed by atoms with E-state index in [-0.39, 0.29) is 11.6 Å². The maximum Gasteiger partial charge on any atom is 0.320 e.